The molecule has 2 unspecified atom stereocenters. The van der Waals surface area contributed by atoms with E-state index >= 15 is 0 Å². The van der Waals surface area contributed by atoms with E-state index in [1.54, 1.807) is 0 Å². The molecule has 2 aromatic rings. The van der Waals surface area contributed by atoms with E-state index in [4.69, 9.17) is 4.99 Å². The van der Waals surface area contributed by atoms with Crippen LogP contribution in [0.5, 0.6) is 0 Å². The van der Waals surface area contributed by atoms with E-state index in [2.05, 4.69) is 44.4 Å². The van der Waals surface area contributed by atoms with Gasteiger partial charge in [0.2, 0.25) is 0 Å². The van der Waals surface area contributed by atoms with Crippen LogP contribution in [0.2, 0.25) is 0 Å². The Balaban J connectivity index is 1.62. The van der Waals surface area contributed by atoms with Gasteiger partial charge in [-0.2, -0.15) is 8.75 Å². The number of aliphatic imine (C=N–C) groups is 1. The SMILES string of the molecule is C1=CC2NC(Cc3ccccc3)=NC2c2nsnc21. The second-order valence-corrected chi connectivity index (χ2v) is 5.28. The molecule has 0 amide bonds. The fourth-order valence-corrected chi connectivity index (χ4v) is 3.12. The van der Waals surface area contributed by atoms with Crippen LogP contribution >= 0.6 is 11.7 Å². The lowest BCUT2D eigenvalue weighted by Gasteiger charge is -2.16. The van der Waals surface area contributed by atoms with Gasteiger partial charge < -0.3 is 5.32 Å². The molecule has 4 nitrogen and oxygen atoms in total. The molecule has 0 radical (unpaired) electrons. The van der Waals surface area contributed by atoms with Crippen LogP contribution in [0, 0.1) is 0 Å². The molecule has 1 aromatic heterocycles. The second-order valence-electron chi connectivity index (χ2n) is 4.75. The van der Waals surface area contributed by atoms with Crippen molar-refractivity contribution in [2.45, 2.75) is 18.5 Å². The zero-order valence-electron chi connectivity index (χ0n) is 10.2. The number of amidine groups is 1. The summed E-state index contributed by atoms with van der Waals surface area (Å²) in [5.41, 5.74) is 3.25. The third kappa shape index (κ3) is 1.86. The minimum atomic E-state index is 0.0949. The predicted molar refractivity (Wildman–Crippen MR) is 76.2 cm³/mol. The van der Waals surface area contributed by atoms with Crippen LogP contribution in [0.3, 0.4) is 0 Å². The third-order valence-electron chi connectivity index (χ3n) is 3.47. The Morgan fingerprint density at radius 3 is 2.95 bits per heavy atom. The van der Waals surface area contributed by atoms with Crippen molar-refractivity contribution in [3.05, 3.63) is 53.4 Å². The van der Waals surface area contributed by atoms with Crippen LogP contribution in [-0.2, 0) is 6.42 Å². The molecular formula is C14H12N4S. The zero-order valence-corrected chi connectivity index (χ0v) is 11.0. The zero-order chi connectivity index (χ0) is 12.7. The summed E-state index contributed by atoms with van der Waals surface area (Å²) < 4.78 is 8.65. The Labute approximate surface area is 115 Å². The minimum absolute atomic E-state index is 0.0949. The fraction of sp³-hybridized carbons (Fsp3) is 0.214. The normalized spacial score (nSPS) is 23.5. The van der Waals surface area contributed by atoms with Crippen LogP contribution in [-0.4, -0.2) is 20.6 Å². The summed E-state index contributed by atoms with van der Waals surface area (Å²) in [6.07, 6.45) is 5.01. The lowest BCUT2D eigenvalue weighted by Crippen LogP contribution is -2.32. The first kappa shape index (κ1) is 10.9. The minimum Gasteiger partial charge on any atom is -0.365 e. The quantitative estimate of drug-likeness (QED) is 0.908. The van der Waals surface area contributed by atoms with Crippen molar-refractivity contribution in [3.63, 3.8) is 0 Å². The van der Waals surface area contributed by atoms with E-state index in [-0.39, 0.29) is 12.1 Å². The Morgan fingerprint density at radius 1 is 1.16 bits per heavy atom. The van der Waals surface area contributed by atoms with E-state index in [9.17, 15) is 0 Å². The molecule has 0 bridgehead atoms. The van der Waals surface area contributed by atoms with Crippen molar-refractivity contribution < 1.29 is 0 Å². The third-order valence-corrected chi connectivity index (χ3v) is 4.02. The average molecular weight is 268 g/mol. The summed E-state index contributed by atoms with van der Waals surface area (Å²) in [5, 5.41) is 3.47. The molecule has 2 atom stereocenters. The smallest absolute Gasteiger partial charge is 0.121 e. The van der Waals surface area contributed by atoms with Crippen molar-refractivity contribution in [3.8, 4) is 0 Å². The van der Waals surface area contributed by atoms with Gasteiger partial charge >= 0.3 is 0 Å². The van der Waals surface area contributed by atoms with Gasteiger partial charge in [0.1, 0.15) is 23.3 Å². The molecule has 0 saturated carbocycles. The predicted octanol–water partition coefficient (Wildman–Crippen LogP) is 2.22. The topological polar surface area (TPSA) is 50.2 Å². The van der Waals surface area contributed by atoms with Gasteiger partial charge in [-0.3, -0.25) is 4.99 Å². The number of benzene rings is 1. The number of hydrogen-bond donors (Lipinski definition) is 1. The van der Waals surface area contributed by atoms with Crippen LogP contribution in [0.25, 0.3) is 6.08 Å². The second kappa shape index (κ2) is 4.28. The van der Waals surface area contributed by atoms with Gasteiger partial charge in [-0.15, -0.1) is 0 Å². The first-order valence-electron chi connectivity index (χ1n) is 6.28. The highest BCUT2D eigenvalue weighted by atomic mass is 32.1. The molecule has 0 spiro atoms. The summed E-state index contributed by atoms with van der Waals surface area (Å²) in [7, 11) is 0. The van der Waals surface area contributed by atoms with Crippen LogP contribution in [0.4, 0.5) is 0 Å². The van der Waals surface area contributed by atoms with Crippen molar-refractivity contribution in [2.75, 3.05) is 0 Å². The van der Waals surface area contributed by atoms with Crippen LogP contribution < -0.4 is 5.32 Å². The first-order chi connectivity index (χ1) is 9.40. The van der Waals surface area contributed by atoms with Crippen molar-refractivity contribution in [1.82, 2.24) is 14.1 Å². The highest BCUT2D eigenvalue weighted by molar-refractivity contribution is 6.99. The lowest BCUT2D eigenvalue weighted by molar-refractivity contribution is 0.620. The van der Waals surface area contributed by atoms with Crippen molar-refractivity contribution in [2.24, 2.45) is 4.99 Å². The molecule has 0 fully saturated rings. The molecule has 1 N–H and O–H groups in total. The molecule has 1 aliphatic carbocycles. The molecule has 2 aliphatic rings. The van der Waals surface area contributed by atoms with E-state index in [1.165, 1.54) is 17.3 Å². The standard InChI is InChI=1S/C14H12N4S/c1-2-4-9(5-3-1)8-12-15-10-6-7-11-14(13(10)16-12)18-19-17-11/h1-7,10,13H,8H2,(H,15,16). The lowest BCUT2D eigenvalue weighted by atomic mass is 9.99. The fourth-order valence-electron chi connectivity index (χ4n) is 2.55. The Bertz CT molecular complexity index is 659. The van der Waals surface area contributed by atoms with Gasteiger partial charge in [-0.05, 0) is 11.6 Å². The first-order valence-corrected chi connectivity index (χ1v) is 7.01. The van der Waals surface area contributed by atoms with Gasteiger partial charge in [0, 0.05) is 6.42 Å². The number of rotatable bonds is 2. The Kier molecular flexibility index (Phi) is 2.45. The van der Waals surface area contributed by atoms with Crippen LogP contribution in [0.1, 0.15) is 23.0 Å². The molecule has 5 heteroatoms. The summed E-state index contributed by atoms with van der Waals surface area (Å²) in [6, 6.07) is 10.7. The number of aromatic nitrogens is 2. The van der Waals surface area contributed by atoms with E-state index in [0.29, 0.717) is 0 Å². The van der Waals surface area contributed by atoms with Gasteiger partial charge in [-0.1, -0.05) is 36.4 Å². The van der Waals surface area contributed by atoms with Gasteiger partial charge in [-0.25, -0.2) is 0 Å². The van der Waals surface area contributed by atoms with Crippen molar-refractivity contribution in [1.29, 1.82) is 0 Å². The molecule has 0 saturated heterocycles. The number of hydrogen-bond acceptors (Lipinski definition) is 5. The van der Waals surface area contributed by atoms with Gasteiger partial charge in [0.05, 0.1) is 17.8 Å². The van der Waals surface area contributed by atoms with Gasteiger partial charge in [0.15, 0.2) is 0 Å². The molecule has 94 valence electrons. The van der Waals surface area contributed by atoms with Gasteiger partial charge in [0.25, 0.3) is 0 Å². The summed E-state index contributed by atoms with van der Waals surface area (Å²) >= 11 is 1.26. The molecule has 2 heterocycles. The highest BCUT2D eigenvalue weighted by Crippen LogP contribution is 2.32. The molecular weight excluding hydrogens is 256 g/mol. The average Bonchev–Trinajstić information content (AvgIpc) is 3.04. The molecule has 4 rings (SSSR count). The largest absolute Gasteiger partial charge is 0.365 e. The molecule has 1 aliphatic heterocycles. The van der Waals surface area contributed by atoms with E-state index in [1.807, 2.05) is 12.1 Å². The summed E-state index contributed by atoms with van der Waals surface area (Å²) in [6.45, 7) is 0. The molecule has 1 aromatic carbocycles. The molecule has 19 heavy (non-hydrogen) atoms. The summed E-state index contributed by atoms with van der Waals surface area (Å²) in [4.78, 5) is 4.78. The van der Waals surface area contributed by atoms with E-state index < -0.39 is 0 Å². The monoisotopic (exact) mass is 268 g/mol. The number of nitrogens with one attached hydrogen (secondary N) is 1. The van der Waals surface area contributed by atoms with Crippen LogP contribution in [0.15, 0.2) is 41.4 Å². The maximum Gasteiger partial charge on any atom is 0.121 e. The Morgan fingerprint density at radius 2 is 2.05 bits per heavy atom. The Hall–Kier alpha value is -2.01. The number of nitrogens with zero attached hydrogens (tertiary/aromatic N) is 3. The van der Waals surface area contributed by atoms with Crippen molar-refractivity contribution >= 4 is 23.6 Å². The van der Waals surface area contributed by atoms with E-state index in [0.717, 1.165) is 23.6 Å². The number of fused-ring (bicyclic) bond motifs is 3. The highest BCUT2D eigenvalue weighted by Gasteiger charge is 2.34. The maximum absolute atomic E-state index is 4.78. The summed E-state index contributed by atoms with van der Waals surface area (Å²) in [5.74, 6) is 1.03. The maximum atomic E-state index is 4.78.